The second-order valence-electron chi connectivity index (χ2n) is 3.30. The highest BCUT2D eigenvalue weighted by molar-refractivity contribution is 7.95. The minimum atomic E-state index is -3.34. The van der Waals surface area contributed by atoms with Gasteiger partial charge >= 0.3 is 0 Å². The van der Waals surface area contributed by atoms with Gasteiger partial charge in [0.1, 0.15) is 0 Å². The molecule has 0 bridgehead atoms. The van der Waals surface area contributed by atoms with Gasteiger partial charge in [0, 0.05) is 17.1 Å². The molecule has 0 fully saturated rings. The summed E-state index contributed by atoms with van der Waals surface area (Å²) in [5, 5.41) is 2.07. The van der Waals surface area contributed by atoms with Crippen molar-refractivity contribution in [1.82, 2.24) is 0 Å². The molecule has 0 N–H and O–H groups in total. The van der Waals surface area contributed by atoms with Crippen LogP contribution < -0.4 is 0 Å². The van der Waals surface area contributed by atoms with Crippen LogP contribution in [0.1, 0.15) is 5.56 Å². The number of hydrogen-bond donors (Lipinski definition) is 0. The molecule has 1 aromatic rings. The molecule has 0 aliphatic carbocycles. The monoisotopic (exact) mass is 258 g/mol. The van der Waals surface area contributed by atoms with E-state index in [1.165, 1.54) is 24.3 Å². The second-order valence-corrected chi connectivity index (χ2v) is 7.06. The Morgan fingerprint density at radius 3 is 1.81 bits per heavy atom. The van der Waals surface area contributed by atoms with Crippen LogP contribution in [0.25, 0.3) is 0 Å². The topological polar surface area (TPSA) is 68.3 Å². The highest BCUT2D eigenvalue weighted by atomic mass is 32.2. The lowest BCUT2D eigenvalue weighted by atomic mass is 10.2. The van der Waals surface area contributed by atoms with Crippen molar-refractivity contribution in [3.63, 3.8) is 0 Å². The molecule has 0 aliphatic rings. The summed E-state index contributed by atoms with van der Waals surface area (Å²) < 4.78 is 43.8. The molecular formula is C10H10O4S2. The van der Waals surface area contributed by atoms with Gasteiger partial charge in [0.25, 0.3) is 0 Å². The Kier molecular flexibility index (Phi) is 3.41. The summed E-state index contributed by atoms with van der Waals surface area (Å²) >= 11 is 0. The molecule has 0 radical (unpaired) electrons. The van der Waals surface area contributed by atoms with E-state index in [0.717, 1.165) is 12.5 Å². The molecule has 0 unspecified atom stereocenters. The Balaban J connectivity index is 3.10. The maximum atomic E-state index is 11.1. The number of hydrogen-bond acceptors (Lipinski definition) is 4. The van der Waals surface area contributed by atoms with E-state index >= 15 is 0 Å². The second kappa shape index (κ2) is 4.28. The zero-order valence-corrected chi connectivity index (χ0v) is 10.4. The predicted octanol–water partition coefficient (Wildman–Crippen LogP) is 0.444. The van der Waals surface area contributed by atoms with Crippen LogP contribution >= 0.6 is 0 Å². The zero-order valence-electron chi connectivity index (χ0n) is 8.76. The molecule has 6 heteroatoms. The summed E-state index contributed by atoms with van der Waals surface area (Å²) in [5.74, 6) is 2.43. The largest absolute Gasteiger partial charge is 0.224 e. The zero-order chi connectivity index (χ0) is 12.4. The molecule has 0 atom stereocenters. The smallest absolute Gasteiger partial charge is 0.214 e. The van der Waals surface area contributed by atoms with E-state index in [9.17, 15) is 16.8 Å². The van der Waals surface area contributed by atoms with Crippen LogP contribution in [0.5, 0.6) is 0 Å². The number of benzene rings is 1. The van der Waals surface area contributed by atoms with E-state index in [0.29, 0.717) is 5.56 Å². The van der Waals surface area contributed by atoms with E-state index < -0.39 is 19.7 Å². The molecule has 16 heavy (non-hydrogen) atoms. The molecule has 0 saturated heterocycles. The Morgan fingerprint density at radius 2 is 1.44 bits per heavy atom. The molecule has 1 aromatic carbocycles. The first-order valence-electron chi connectivity index (χ1n) is 4.21. The molecule has 86 valence electrons. The predicted molar refractivity (Wildman–Crippen MR) is 61.3 cm³/mol. The molecule has 4 nitrogen and oxygen atoms in total. The fraction of sp³-hybridized carbons (Fsp3) is 0.200. The minimum absolute atomic E-state index is 0.178. The van der Waals surface area contributed by atoms with Gasteiger partial charge in [-0.15, -0.1) is 0 Å². The van der Waals surface area contributed by atoms with Crippen LogP contribution in [0.15, 0.2) is 29.2 Å². The Bertz CT molecular complexity index is 641. The first-order chi connectivity index (χ1) is 7.18. The van der Waals surface area contributed by atoms with Crippen molar-refractivity contribution in [2.75, 3.05) is 12.5 Å². The maximum Gasteiger partial charge on any atom is 0.214 e. The van der Waals surface area contributed by atoms with Crippen molar-refractivity contribution >= 4 is 19.7 Å². The summed E-state index contributed by atoms with van der Waals surface area (Å²) in [6.07, 6.45) is 2.11. The fourth-order valence-corrected chi connectivity index (χ4v) is 1.87. The quantitative estimate of drug-likeness (QED) is 0.686. The van der Waals surface area contributed by atoms with Crippen LogP contribution in [0.2, 0.25) is 0 Å². The highest BCUT2D eigenvalue weighted by Gasteiger charge is 2.05. The molecule has 0 amide bonds. The van der Waals surface area contributed by atoms with Crippen molar-refractivity contribution < 1.29 is 16.8 Å². The van der Waals surface area contributed by atoms with E-state index in [1.807, 2.05) is 0 Å². The number of rotatable bonds is 1. The fourth-order valence-electron chi connectivity index (χ4n) is 0.937. The van der Waals surface area contributed by atoms with Gasteiger partial charge in [-0.25, -0.2) is 16.8 Å². The van der Waals surface area contributed by atoms with Gasteiger partial charge in [-0.2, -0.15) is 0 Å². The van der Waals surface area contributed by atoms with Crippen molar-refractivity contribution in [2.45, 2.75) is 4.90 Å². The van der Waals surface area contributed by atoms with E-state index in [2.05, 4.69) is 11.2 Å². The summed E-state index contributed by atoms with van der Waals surface area (Å²) in [6.45, 7) is 0. The van der Waals surface area contributed by atoms with Crippen LogP contribution in [0.4, 0.5) is 0 Å². The van der Waals surface area contributed by atoms with E-state index in [1.54, 1.807) is 0 Å². The van der Waals surface area contributed by atoms with Crippen LogP contribution in [-0.4, -0.2) is 29.3 Å². The maximum absolute atomic E-state index is 11.1. The van der Waals surface area contributed by atoms with Gasteiger partial charge in [-0.1, -0.05) is 5.92 Å². The SMILES string of the molecule is CS(=O)(=O)C#Cc1ccc(S(C)(=O)=O)cc1. The summed E-state index contributed by atoms with van der Waals surface area (Å²) in [5.41, 5.74) is 0.456. The average molecular weight is 258 g/mol. The molecule has 0 spiro atoms. The van der Waals surface area contributed by atoms with Crippen molar-refractivity contribution in [3.05, 3.63) is 29.8 Å². The Hall–Kier alpha value is -1.32. The summed E-state index contributed by atoms with van der Waals surface area (Å²) in [6, 6.07) is 5.71. The van der Waals surface area contributed by atoms with Gasteiger partial charge < -0.3 is 0 Å². The molecule has 0 aliphatic heterocycles. The molecule has 0 saturated carbocycles. The summed E-state index contributed by atoms with van der Waals surface area (Å²) in [7, 11) is -6.57. The van der Waals surface area contributed by atoms with Crippen molar-refractivity contribution in [2.24, 2.45) is 0 Å². The lowest BCUT2D eigenvalue weighted by molar-refractivity contribution is 0.601. The van der Waals surface area contributed by atoms with Crippen LogP contribution in [0.3, 0.4) is 0 Å². The third kappa shape index (κ3) is 4.04. The molecule has 1 rings (SSSR count). The first kappa shape index (κ1) is 12.7. The van der Waals surface area contributed by atoms with Crippen LogP contribution in [-0.2, 0) is 19.7 Å². The third-order valence-corrected chi connectivity index (χ3v) is 3.26. The van der Waals surface area contributed by atoms with Crippen molar-refractivity contribution in [1.29, 1.82) is 0 Å². The average Bonchev–Trinajstić information content (AvgIpc) is 2.13. The van der Waals surface area contributed by atoms with E-state index in [4.69, 9.17) is 0 Å². The van der Waals surface area contributed by atoms with Gasteiger partial charge in [-0.3, -0.25) is 0 Å². The third-order valence-electron chi connectivity index (χ3n) is 1.66. The Labute approximate surface area is 95.1 Å². The minimum Gasteiger partial charge on any atom is -0.224 e. The van der Waals surface area contributed by atoms with Gasteiger partial charge in [0.2, 0.25) is 9.84 Å². The van der Waals surface area contributed by atoms with Gasteiger partial charge in [0.05, 0.1) is 11.2 Å². The summed E-state index contributed by atoms with van der Waals surface area (Å²) in [4.78, 5) is 0.178. The normalized spacial score (nSPS) is 11.6. The standard InChI is InChI=1S/C10H10O4S2/c1-15(11,12)8-7-9-3-5-10(6-4-9)16(2,13)14/h3-6H,1-2H3. The van der Waals surface area contributed by atoms with E-state index in [-0.39, 0.29) is 4.90 Å². The first-order valence-corrected chi connectivity index (χ1v) is 8.00. The lowest BCUT2D eigenvalue weighted by Gasteiger charge is -1.96. The number of sulfone groups is 2. The molecular weight excluding hydrogens is 248 g/mol. The highest BCUT2D eigenvalue weighted by Crippen LogP contribution is 2.09. The van der Waals surface area contributed by atoms with Gasteiger partial charge in [0.15, 0.2) is 9.84 Å². The van der Waals surface area contributed by atoms with Crippen LogP contribution in [0, 0.1) is 11.2 Å². The molecule has 0 aromatic heterocycles. The Morgan fingerprint density at radius 1 is 0.938 bits per heavy atom. The molecule has 0 heterocycles. The lowest BCUT2D eigenvalue weighted by Crippen LogP contribution is -1.96. The van der Waals surface area contributed by atoms with Crippen molar-refractivity contribution in [3.8, 4) is 11.2 Å². The van der Waals surface area contributed by atoms with Gasteiger partial charge in [-0.05, 0) is 24.3 Å².